The number of hydrogen-bond donors (Lipinski definition) is 0. The summed E-state index contributed by atoms with van der Waals surface area (Å²) in [5, 5.41) is -0.271. The van der Waals surface area contributed by atoms with E-state index in [1.165, 1.54) is 30.7 Å². The molecule has 0 N–H and O–H groups in total. The Labute approximate surface area is 155 Å². The lowest BCUT2D eigenvalue weighted by Crippen LogP contribution is -2.65. The number of methoxy groups -OCH3 is 1. The smallest absolute Gasteiger partial charge is 0.355 e. The Balaban J connectivity index is 1.80. The number of carbonyl (C=O) groups excluding carboxylic acids is 3. The van der Waals surface area contributed by atoms with Crippen LogP contribution in [0, 0.1) is 0 Å². The highest BCUT2D eigenvalue weighted by molar-refractivity contribution is 8.00. The number of thioether (sulfide) groups is 1. The molecular weight excluding hydrogens is 358 g/mol. The maximum Gasteiger partial charge on any atom is 0.355 e. The van der Waals surface area contributed by atoms with Gasteiger partial charge in [0, 0.05) is 25.4 Å². The number of benzene rings is 1. The lowest BCUT2D eigenvalue weighted by molar-refractivity contribution is -0.163. The second-order valence-electron chi connectivity index (χ2n) is 5.86. The molecule has 1 aromatic carbocycles. The maximum absolute atomic E-state index is 12.7. The summed E-state index contributed by atoms with van der Waals surface area (Å²) in [5.74, 6) is -0.899. The fraction of sp³-hybridized carbons (Fsp3) is 0.389. The Morgan fingerprint density at radius 2 is 1.92 bits per heavy atom. The molecule has 1 saturated heterocycles. The topological polar surface area (TPSA) is 82.1 Å². The number of ether oxygens (including phenoxy) is 3. The van der Waals surface area contributed by atoms with Crippen LogP contribution in [-0.2, 0) is 35.2 Å². The van der Waals surface area contributed by atoms with Crippen LogP contribution in [0.5, 0.6) is 0 Å². The first-order valence-corrected chi connectivity index (χ1v) is 9.11. The van der Waals surface area contributed by atoms with Gasteiger partial charge >= 0.3 is 11.9 Å². The van der Waals surface area contributed by atoms with E-state index in [1.54, 1.807) is 0 Å². The first-order chi connectivity index (χ1) is 12.5. The molecule has 0 aliphatic carbocycles. The van der Waals surface area contributed by atoms with Crippen LogP contribution in [-0.4, -0.2) is 53.7 Å². The number of hydrogen-bond acceptors (Lipinski definition) is 7. The van der Waals surface area contributed by atoms with E-state index in [-0.39, 0.29) is 30.2 Å². The molecule has 0 saturated carbocycles. The van der Waals surface area contributed by atoms with Crippen molar-refractivity contribution in [1.82, 2.24) is 4.90 Å². The number of nitrogens with zero attached hydrogens (tertiary/aromatic N) is 1. The molecule has 2 atom stereocenters. The first-order valence-electron chi connectivity index (χ1n) is 8.07. The zero-order valence-corrected chi connectivity index (χ0v) is 15.3. The van der Waals surface area contributed by atoms with Crippen LogP contribution in [0.1, 0.15) is 12.5 Å². The molecule has 1 amide bonds. The third-order valence-electron chi connectivity index (χ3n) is 4.11. The van der Waals surface area contributed by atoms with Gasteiger partial charge in [0.25, 0.3) is 5.91 Å². The molecule has 2 heterocycles. The van der Waals surface area contributed by atoms with E-state index in [9.17, 15) is 14.4 Å². The largest absolute Gasteiger partial charge is 0.461 e. The average molecular weight is 377 g/mol. The van der Waals surface area contributed by atoms with Gasteiger partial charge in [0.05, 0.1) is 0 Å². The van der Waals surface area contributed by atoms with Crippen LogP contribution in [0.25, 0.3) is 0 Å². The molecule has 138 valence electrons. The third-order valence-corrected chi connectivity index (χ3v) is 5.42. The van der Waals surface area contributed by atoms with Gasteiger partial charge in [0.2, 0.25) is 0 Å². The lowest BCUT2D eigenvalue weighted by atomic mass is 10.1. The zero-order chi connectivity index (χ0) is 18.7. The molecule has 3 rings (SSSR count). The summed E-state index contributed by atoms with van der Waals surface area (Å²) in [6.45, 7) is 1.34. The van der Waals surface area contributed by atoms with Crippen molar-refractivity contribution in [2.24, 2.45) is 0 Å². The predicted molar refractivity (Wildman–Crippen MR) is 93.8 cm³/mol. The summed E-state index contributed by atoms with van der Waals surface area (Å²) >= 11 is 1.47. The zero-order valence-electron chi connectivity index (χ0n) is 14.5. The fourth-order valence-corrected chi connectivity index (χ4v) is 4.16. The van der Waals surface area contributed by atoms with Crippen molar-refractivity contribution >= 4 is 29.6 Å². The molecule has 1 unspecified atom stereocenters. The van der Waals surface area contributed by atoms with Crippen molar-refractivity contribution in [3.05, 3.63) is 47.2 Å². The van der Waals surface area contributed by atoms with Crippen molar-refractivity contribution < 1.29 is 28.6 Å². The van der Waals surface area contributed by atoms with Crippen molar-refractivity contribution in [3.63, 3.8) is 0 Å². The average Bonchev–Trinajstić information content (AvgIpc) is 2.64. The first kappa shape index (κ1) is 18.5. The van der Waals surface area contributed by atoms with Gasteiger partial charge in [-0.05, 0) is 5.56 Å². The number of fused-ring (bicyclic) bond motifs is 1. The highest BCUT2D eigenvalue weighted by Gasteiger charge is 2.54. The molecule has 2 aliphatic rings. The predicted octanol–water partition coefficient (Wildman–Crippen LogP) is 1.48. The summed E-state index contributed by atoms with van der Waals surface area (Å²) in [4.78, 5) is 37.5. The summed E-state index contributed by atoms with van der Waals surface area (Å²) in [5.41, 5.74) is 1.56. The van der Waals surface area contributed by atoms with Crippen LogP contribution >= 0.6 is 11.8 Å². The van der Waals surface area contributed by atoms with E-state index in [2.05, 4.69) is 0 Å². The number of esters is 2. The second-order valence-corrected chi connectivity index (χ2v) is 6.97. The highest BCUT2D eigenvalue weighted by Crippen LogP contribution is 2.41. The van der Waals surface area contributed by atoms with Crippen molar-refractivity contribution in [2.75, 3.05) is 19.5 Å². The standard InChI is InChI=1S/C18H19NO6S/c1-11(20)24-9-13-10-26-17-15(23-2)16(21)19(17)14(13)18(22)25-8-12-6-4-3-5-7-12/h3-7,15,17H,8-10H2,1-2H3/t15-,17?/m0/s1. The van der Waals surface area contributed by atoms with E-state index in [4.69, 9.17) is 14.2 Å². The highest BCUT2D eigenvalue weighted by atomic mass is 32.2. The van der Waals surface area contributed by atoms with E-state index in [0.29, 0.717) is 11.3 Å². The SMILES string of the molecule is CO[C@H]1C(=O)N2C(C(=O)OCc3ccccc3)=C(COC(C)=O)CSC12. The molecule has 1 fully saturated rings. The molecule has 7 nitrogen and oxygen atoms in total. The molecule has 8 heteroatoms. The quantitative estimate of drug-likeness (QED) is 0.548. The van der Waals surface area contributed by atoms with Crippen molar-refractivity contribution in [1.29, 1.82) is 0 Å². The van der Waals surface area contributed by atoms with Gasteiger partial charge in [-0.1, -0.05) is 30.3 Å². The molecular formula is C18H19NO6S. The summed E-state index contributed by atoms with van der Waals surface area (Å²) in [7, 11) is 1.46. The van der Waals surface area contributed by atoms with Gasteiger partial charge in [0.1, 0.15) is 24.3 Å². The number of β-lactam (4-membered cyclic amide) rings is 1. The molecule has 1 aromatic rings. The maximum atomic E-state index is 12.7. The fourth-order valence-electron chi connectivity index (χ4n) is 2.81. The number of rotatable bonds is 6. The Bertz CT molecular complexity index is 747. The van der Waals surface area contributed by atoms with E-state index in [1.807, 2.05) is 30.3 Å². The lowest BCUT2D eigenvalue weighted by Gasteiger charge is -2.48. The minimum Gasteiger partial charge on any atom is -0.461 e. The number of amides is 1. The Morgan fingerprint density at radius 3 is 2.58 bits per heavy atom. The monoisotopic (exact) mass is 377 g/mol. The van der Waals surface area contributed by atoms with Crippen LogP contribution in [0.2, 0.25) is 0 Å². The normalized spacial score (nSPS) is 21.8. The Hall–Kier alpha value is -2.32. The molecule has 0 spiro atoms. The summed E-state index contributed by atoms with van der Waals surface area (Å²) in [6, 6.07) is 9.26. The van der Waals surface area contributed by atoms with Crippen molar-refractivity contribution in [3.8, 4) is 0 Å². The van der Waals surface area contributed by atoms with Gasteiger partial charge in [0.15, 0.2) is 6.10 Å². The van der Waals surface area contributed by atoms with Gasteiger partial charge < -0.3 is 14.2 Å². The molecule has 26 heavy (non-hydrogen) atoms. The molecule has 2 aliphatic heterocycles. The van der Waals surface area contributed by atoms with E-state index >= 15 is 0 Å². The van der Waals surface area contributed by atoms with Crippen LogP contribution < -0.4 is 0 Å². The minimum atomic E-state index is -0.607. The van der Waals surface area contributed by atoms with E-state index < -0.39 is 18.0 Å². The van der Waals surface area contributed by atoms with Gasteiger partial charge in [-0.3, -0.25) is 14.5 Å². The van der Waals surface area contributed by atoms with Crippen LogP contribution in [0.15, 0.2) is 41.6 Å². The Kier molecular flexibility index (Phi) is 5.63. The van der Waals surface area contributed by atoms with Gasteiger partial charge in [-0.2, -0.15) is 0 Å². The van der Waals surface area contributed by atoms with Gasteiger partial charge in [-0.25, -0.2) is 4.79 Å². The van der Waals surface area contributed by atoms with Gasteiger partial charge in [-0.15, -0.1) is 11.8 Å². The molecule has 0 radical (unpaired) electrons. The van der Waals surface area contributed by atoms with Crippen LogP contribution in [0.3, 0.4) is 0 Å². The minimum absolute atomic E-state index is 0.0494. The Morgan fingerprint density at radius 1 is 1.19 bits per heavy atom. The molecule has 0 aromatic heterocycles. The number of carbonyl (C=O) groups is 3. The molecule has 0 bridgehead atoms. The summed E-state index contributed by atoms with van der Waals surface area (Å²) < 4.78 is 15.6. The van der Waals surface area contributed by atoms with Crippen molar-refractivity contribution in [2.45, 2.75) is 25.0 Å². The summed E-state index contributed by atoms with van der Waals surface area (Å²) in [6.07, 6.45) is -0.577. The second kappa shape index (κ2) is 7.92. The van der Waals surface area contributed by atoms with Crippen LogP contribution in [0.4, 0.5) is 0 Å². The van der Waals surface area contributed by atoms with E-state index in [0.717, 1.165) is 5.56 Å². The third kappa shape index (κ3) is 3.61.